The van der Waals surface area contributed by atoms with Gasteiger partial charge < -0.3 is 15.1 Å². The molecule has 1 saturated carbocycles. The number of hydrogen-bond donors (Lipinski definition) is 1. The van der Waals surface area contributed by atoms with Crippen LogP contribution in [0.1, 0.15) is 48.0 Å². The third kappa shape index (κ3) is 4.46. The topological polar surface area (TPSA) is 48.5 Å². The van der Waals surface area contributed by atoms with Gasteiger partial charge in [-0.1, -0.05) is 31.4 Å². The Bertz CT molecular complexity index is 791. The summed E-state index contributed by atoms with van der Waals surface area (Å²) in [6.45, 7) is 5.98. The molecule has 0 atom stereocenters. The zero-order valence-corrected chi connectivity index (χ0v) is 16.7. The van der Waals surface area contributed by atoms with Crippen molar-refractivity contribution in [2.45, 2.75) is 45.1 Å². The molecule has 0 radical (unpaired) electrons. The standard InChI is InChI=1S/C23H30N4O/c1-18-6-5-9-21(16-18)26-12-14-27(15-13-26)22-11-10-19(17-24-22)23(28)25-20-7-3-2-4-8-20/h5-6,9-11,16-17,20H,2-4,7-8,12-15H2,1H3,(H,25,28). The van der Waals surface area contributed by atoms with Crippen LogP contribution in [0.4, 0.5) is 11.5 Å². The van der Waals surface area contributed by atoms with Crippen molar-refractivity contribution < 1.29 is 4.79 Å². The Labute approximate surface area is 167 Å². The summed E-state index contributed by atoms with van der Waals surface area (Å²) >= 11 is 0. The molecule has 1 aromatic heterocycles. The van der Waals surface area contributed by atoms with Crippen LogP contribution in [0.25, 0.3) is 0 Å². The number of benzene rings is 1. The first-order valence-corrected chi connectivity index (χ1v) is 10.5. The van der Waals surface area contributed by atoms with Gasteiger partial charge >= 0.3 is 0 Å². The molecule has 2 fully saturated rings. The SMILES string of the molecule is Cc1cccc(N2CCN(c3ccc(C(=O)NC4CCCCC4)cn3)CC2)c1. The zero-order valence-electron chi connectivity index (χ0n) is 16.7. The van der Waals surface area contributed by atoms with Gasteiger partial charge in [0.2, 0.25) is 0 Å². The van der Waals surface area contributed by atoms with E-state index >= 15 is 0 Å². The van der Waals surface area contributed by atoms with E-state index < -0.39 is 0 Å². The van der Waals surface area contributed by atoms with Gasteiger partial charge in [-0.05, 0) is 49.6 Å². The molecule has 0 bridgehead atoms. The van der Waals surface area contributed by atoms with Crippen molar-refractivity contribution in [3.63, 3.8) is 0 Å². The van der Waals surface area contributed by atoms with Crippen molar-refractivity contribution in [2.75, 3.05) is 36.0 Å². The lowest BCUT2D eigenvalue weighted by Crippen LogP contribution is -2.46. The van der Waals surface area contributed by atoms with E-state index in [0.717, 1.165) is 44.8 Å². The fourth-order valence-electron chi connectivity index (χ4n) is 4.24. The number of nitrogens with one attached hydrogen (secondary N) is 1. The Morgan fingerprint density at radius 1 is 1.00 bits per heavy atom. The second kappa shape index (κ2) is 8.63. The molecule has 148 valence electrons. The number of anilines is 2. The van der Waals surface area contributed by atoms with Gasteiger partial charge in [0, 0.05) is 44.1 Å². The summed E-state index contributed by atoms with van der Waals surface area (Å²) < 4.78 is 0. The van der Waals surface area contributed by atoms with E-state index in [2.05, 4.69) is 51.3 Å². The average molecular weight is 379 g/mol. The fraction of sp³-hybridized carbons (Fsp3) is 0.478. The highest BCUT2D eigenvalue weighted by atomic mass is 16.1. The number of nitrogens with zero attached hydrogens (tertiary/aromatic N) is 3. The van der Waals surface area contributed by atoms with Crippen LogP contribution in [0.3, 0.4) is 0 Å². The number of pyridine rings is 1. The minimum absolute atomic E-state index is 0.00946. The van der Waals surface area contributed by atoms with E-state index in [1.807, 2.05) is 12.1 Å². The highest BCUT2D eigenvalue weighted by Crippen LogP contribution is 2.21. The Morgan fingerprint density at radius 3 is 2.43 bits per heavy atom. The van der Waals surface area contributed by atoms with Gasteiger partial charge in [0.05, 0.1) is 5.56 Å². The minimum atomic E-state index is 0.00946. The van der Waals surface area contributed by atoms with Crippen molar-refractivity contribution in [2.24, 2.45) is 0 Å². The van der Waals surface area contributed by atoms with Crippen LogP contribution in [0.2, 0.25) is 0 Å². The fourth-order valence-corrected chi connectivity index (χ4v) is 4.24. The molecule has 2 aromatic rings. The highest BCUT2D eigenvalue weighted by molar-refractivity contribution is 5.94. The maximum atomic E-state index is 12.5. The largest absolute Gasteiger partial charge is 0.368 e. The molecule has 1 N–H and O–H groups in total. The van der Waals surface area contributed by atoms with Crippen LogP contribution < -0.4 is 15.1 Å². The van der Waals surface area contributed by atoms with Crippen LogP contribution in [-0.4, -0.2) is 43.1 Å². The normalized spacial score (nSPS) is 18.2. The molecule has 1 aromatic carbocycles. The van der Waals surface area contributed by atoms with E-state index in [0.29, 0.717) is 11.6 Å². The van der Waals surface area contributed by atoms with Gasteiger partial charge in [0.25, 0.3) is 5.91 Å². The maximum Gasteiger partial charge on any atom is 0.253 e. The molecule has 5 heteroatoms. The monoisotopic (exact) mass is 378 g/mol. The first-order chi connectivity index (χ1) is 13.7. The number of hydrogen-bond acceptors (Lipinski definition) is 4. The average Bonchev–Trinajstić information content (AvgIpc) is 2.75. The van der Waals surface area contributed by atoms with Gasteiger partial charge in [0.15, 0.2) is 0 Å². The summed E-state index contributed by atoms with van der Waals surface area (Å²) in [6, 6.07) is 12.9. The zero-order chi connectivity index (χ0) is 19.3. The summed E-state index contributed by atoms with van der Waals surface area (Å²) in [5.41, 5.74) is 3.25. The number of piperazine rings is 1. The van der Waals surface area contributed by atoms with Gasteiger partial charge in [-0.2, -0.15) is 0 Å². The third-order valence-corrected chi connectivity index (χ3v) is 5.92. The summed E-state index contributed by atoms with van der Waals surface area (Å²) in [4.78, 5) is 21.8. The molecular formula is C23H30N4O. The summed E-state index contributed by atoms with van der Waals surface area (Å²) in [5, 5.41) is 3.16. The number of rotatable bonds is 4. The molecule has 28 heavy (non-hydrogen) atoms. The summed E-state index contributed by atoms with van der Waals surface area (Å²) in [6.07, 6.45) is 7.65. The van der Waals surface area contributed by atoms with Crippen molar-refractivity contribution in [1.82, 2.24) is 10.3 Å². The molecule has 1 amide bonds. The Hall–Kier alpha value is -2.56. The second-order valence-corrected chi connectivity index (χ2v) is 8.03. The first kappa shape index (κ1) is 18.8. The first-order valence-electron chi connectivity index (χ1n) is 10.5. The molecule has 2 aliphatic rings. The molecule has 2 heterocycles. The molecule has 4 rings (SSSR count). The molecule has 0 unspecified atom stereocenters. The van der Waals surface area contributed by atoms with E-state index in [-0.39, 0.29) is 5.91 Å². The van der Waals surface area contributed by atoms with Crippen molar-refractivity contribution >= 4 is 17.4 Å². The number of carbonyl (C=O) groups is 1. The number of aromatic nitrogens is 1. The molecule has 0 spiro atoms. The van der Waals surface area contributed by atoms with E-state index in [1.54, 1.807) is 6.20 Å². The van der Waals surface area contributed by atoms with E-state index in [4.69, 9.17) is 0 Å². The lowest BCUT2D eigenvalue weighted by molar-refractivity contribution is 0.0927. The van der Waals surface area contributed by atoms with Gasteiger partial charge in [-0.15, -0.1) is 0 Å². The Kier molecular flexibility index (Phi) is 5.79. The maximum absolute atomic E-state index is 12.5. The smallest absolute Gasteiger partial charge is 0.253 e. The predicted octanol–water partition coefficient (Wildman–Crippen LogP) is 3.78. The van der Waals surface area contributed by atoms with Crippen molar-refractivity contribution in [3.8, 4) is 0 Å². The molecule has 1 aliphatic heterocycles. The number of aryl methyl sites for hydroxylation is 1. The van der Waals surface area contributed by atoms with Crippen LogP contribution in [0, 0.1) is 6.92 Å². The Balaban J connectivity index is 1.32. The lowest BCUT2D eigenvalue weighted by atomic mass is 9.95. The van der Waals surface area contributed by atoms with Gasteiger partial charge in [-0.25, -0.2) is 4.98 Å². The molecule has 5 nitrogen and oxygen atoms in total. The number of amides is 1. The van der Waals surface area contributed by atoms with E-state index in [9.17, 15) is 4.79 Å². The summed E-state index contributed by atoms with van der Waals surface area (Å²) in [5.74, 6) is 0.966. The third-order valence-electron chi connectivity index (χ3n) is 5.92. The minimum Gasteiger partial charge on any atom is -0.368 e. The van der Waals surface area contributed by atoms with E-state index in [1.165, 1.54) is 30.5 Å². The Morgan fingerprint density at radius 2 is 1.75 bits per heavy atom. The van der Waals surface area contributed by atoms with Crippen LogP contribution in [-0.2, 0) is 0 Å². The van der Waals surface area contributed by atoms with Crippen molar-refractivity contribution in [1.29, 1.82) is 0 Å². The van der Waals surface area contributed by atoms with Crippen LogP contribution in [0.5, 0.6) is 0 Å². The van der Waals surface area contributed by atoms with Crippen LogP contribution >= 0.6 is 0 Å². The molecular weight excluding hydrogens is 348 g/mol. The van der Waals surface area contributed by atoms with Crippen molar-refractivity contribution in [3.05, 3.63) is 53.7 Å². The predicted molar refractivity (Wildman–Crippen MR) is 114 cm³/mol. The van der Waals surface area contributed by atoms with Gasteiger partial charge in [-0.3, -0.25) is 4.79 Å². The highest BCUT2D eigenvalue weighted by Gasteiger charge is 2.20. The lowest BCUT2D eigenvalue weighted by Gasteiger charge is -2.36. The van der Waals surface area contributed by atoms with Gasteiger partial charge in [0.1, 0.15) is 5.82 Å². The number of carbonyl (C=O) groups excluding carboxylic acids is 1. The van der Waals surface area contributed by atoms with Crippen LogP contribution in [0.15, 0.2) is 42.6 Å². The second-order valence-electron chi connectivity index (χ2n) is 8.03. The molecule has 1 saturated heterocycles. The summed E-state index contributed by atoms with van der Waals surface area (Å²) in [7, 11) is 0. The molecule has 1 aliphatic carbocycles. The quantitative estimate of drug-likeness (QED) is 0.880.